The number of ether oxygens (including phenoxy) is 1. The van der Waals surface area contributed by atoms with Crippen LogP contribution in [0.2, 0.25) is 0 Å². The summed E-state index contributed by atoms with van der Waals surface area (Å²) in [5.41, 5.74) is 1.72. The summed E-state index contributed by atoms with van der Waals surface area (Å²) in [6.07, 6.45) is 2.21. The van der Waals surface area contributed by atoms with Crippen molar-refractivity contribution in [3.63, 3.8) is 0 Å². The number of halogens is 1. The molecule has 1 aromatic heterocycles. The van der Waals surface area contributed by atoms with Gasteiger partial charge < -0.3 is 4.74 Å². The lowest BCUT2D eigenvalue weighted by Gasteiger charge is -2.06. The van der Waals surface area contributed by atoms with Gasteiger partial charge in [0.1, 0.15) is 5.82 Å². The number of carbonyl (C=O) groups is 1. The molecule has 0 N–H and O–H groups in total. The maximum absolute atomic E-state index is 13.0. The quantitative estimate of drug-likeness (QED) is 0.762. The standard InChI is InChI=1S/C13H10FNO2/c1-17-13-7-9(4-5-15-13)12-3-2-11(14)6-10(12)8-16/h2-8H,1H3. The predicted octanol–water partition coefficient (Wildman–Crippen LogP) is 2.71. The molecule has 4 heteroatoms. The van der Waals surface area contributed by atoms with Gasteiger partial charge in [0.25, 0.3) is 0 Å². The van der Waals surface area contributed by atoms with Gasteiger partial charge in [0.15, 0.2) is 6.29 Å². The van der Waals surface area contributed by atoms with E-state index in [1.807, 2.05) is 0 Å². The van der Waals surface area contributed by atoms with E-state index in [1.165, 1.54) is 19.2 Å². The lowest BCUT2D eigenvalue weighted by molar-refractivity contribution is 0.112. The van der Waals surface area contributed by atoms with E-state index in [4.69, 9.17) is 4.74 Å². The highest BCUT2D eigenvalue weighted by Crippen LogP contribution is 2.25. The van der Waals surface area contributed by atoms with Crippen molar-refractivity contribution < 1.29 is 13.9 Å². The molecule has 0 aliphatic rings. The Morgan fingerprint density at radius 2 is 2.12 bits per heavy atom. The first-order valence-corrected chi connectivity index (χ1v) is 4.99. The molecule has 2 aromatic rings. The van der Waals surface area contributed by atoms with E-state index in [1.54, 1.807) is 24.4 Å². The minimum Gasteiger partial charge on any atom is -0.481 e. The molecule has 0 fully saturated rings. The molecule has 0 saturated carbocycles. The molecule has 0 aliphatic carbocycles. The monoisotopic (exact) mass is 231 g/mol. The SMILES string of the molecule is COc1cc(-c2ccc(F)cc2C=O)ccn1. The maximum atomic E-state index is 13.0. The van der Waals surface area contributed by atoms with E-state index in [0.717, 1.165) is 5.56 Å². The van der Waals surface area contributed by atoms with Crippen molar-refractivity contribution in [2.75, 3.05) is 7.11 Å². The minimum atomic E-state index is -0.433. The molecule has 0 saturated heterocycles. The number of methoxy groups -OCH3 is 1. The van der Waals surface area contributed by atoms with Crippen LogP contribution in [0.4, 0.5) is 4.39 Å². The van der Waals surface area contributed by atoms with Gasteiger partial charge in [0.05, 0.1) is 7.11 Å². The minimum absolute atomic E-state index is 0.304. The van der Waals surface area contributed by atoms with Gasteiger partial charge in [-0.15, -0.1) is 0 Å². The summed E-state index contributed by atoms with van der Waals surface area (Å²) in [5.74, 6) is 0.0144. The highest BCUT2D eigenvalue weighted by molar-refractivity contribution is 5.87. The summed E-state index contributed by atoms with van der Waals surface area (Å²) in [4.78, 5) is 14.9. The largest absolute Gasteiger partial charge is 0.481 e. The van der Waals surface area contributed by atoms with Gasteiger partial charge in [-0.1, -0.05) is 6.07 Å². The second-order valence-electron chi connectivity index (χ2n) is 3.44. The summed E-state index contributed by atoms with van der Waals surface area (Å²) in [5, 5.41) is 0. The van der Waals surface area contributed by atoms with Crippen LogP contribution in [0.3, 0.4) is 0 Å². The molecule has 0 atom stereocenters. The fourth-order valence-corrected chi connectivity index (χ4v) is 1.58. The summed E-state index contributed by atoms with van der Waals surface area (Å²) < 4.78 is 18.0. The average molecular weight is 231 g/mol. The predicted molar refractivity (Wildman–Crippen MR) is 61.6 cm³/mol. The van der Waals surface area contributed by atoms with Gasteiger partial charge in [-0.3, -0.25) is 4.79 Å². The molecular weight excluding hydrogens is 221 g/mol. The smallest absolute Gasteiger partial charge is 0.213 e. The van der Waals surface area contributed by atoms with Crippen LogP contribution >= 0.6 is 0 Å². The molecule has 17 heavy (non-hydrogen) atoms. The third-order valence-electron chi connectivity index (χ3n) is 2.40. The zero-order chi connectivity index (χ0) is 12.3. The number of hydrogen-bond donors (Lipinski definition) is 0. The molecule has 1 heterocycles. The lowest BCUT2D eigenvalue weighted by atomic mass is 10.0. The summed E-state index contributed by atoms with van der Waals surface area (Å²) in [6.45, 7) is 0. The van der Waals surface area contributed by atoms with Crippen molar-refractivity contribution in [2.45, 2.75) is 0 Å². The Morgan fingerprint density at radius 1 is 1.29 bits per heavy atom. The molecule has 1 aromatic carbocycles. The van der Waals surface area contributed by atoms with Crippen LogP contribution in [0.15, 0.2) is 36.5 Å². The molecule has 0 unspecified atom stereocenters. The highest BCUT2D eigenvalue weighted by Gasteiger charge is 2.07. The average Bonchev–Trinajstić information content (AvgIpc) is 2.38. The summed E-state index contributed by atoms with van der Waals surface area (Å²) in [6, 6.07) is 7.52. The Morgan fingerprint density at radius 3 is 2.82 bits per heavy atom. The van der Waals surface area contributed by atoms with E-state index >= 15 is 0 Å². The molecular formula is C13H10FNO2. The van der Waals surface area contributed by atoms with Crippen LogP contribution in [-0.4, -0.2) is 18.4 Å². The maximum Gasteiger partial charge on any atom is 0.213 e. The zero-order valence-corrected chi connectivity index (χ0v) is 9.18. The normalized spacial score (nSPS) is 10.0. The first-order valence-electron chi connectivity index (χ1n) is 4.99. The molecule has 0 amide bonds. The third-order valence-corrected chi connectivity index (χ3v) is 2.40. The fraction of sp³-hybridized carbons (Fsp3) is 0.0769. The summed E-state index contributed by atoms with van der Waals surface area (Å²) in [7, 11) is 1.51. The number of benzene rings is 1. The van der Waals surface area contributed by atoms with Crippen LogP contribution in [0, 0.1) is 5.82 Å². The number of aldehydes is 1. The van der Waals surface area contributed by atoms with E-state index in [0.29, 0.717) is 23.3 Å². The molecule has 3 nitrogen and oxygen atoms in total. The molecule has 2 rings (SSSR count). The first kappa shape index (κ1) is 11.3. The van der Waals surface area contributed by atoms with Gasteiger partial charge in [-0.25, -0.2) is 9.37 Å². The van der Waals surface area contributed by atoms with Crippen LogP contribution in [0.5, 0.6) is 5.88 Å². The van der Waals surface area contributed by atoms with Crippen molar-refractivity contribution in [3.05, 3.63) is 47.9 Å². The number of pyridine rings is 1. The number of rotatable bonds is 3. The van der Waals surface area contributed by atoms with Gasteiger partial charge in [-0.2, -0.15) is 0 Å². The second kappa shape index (κ2) is 4.74. The second-order valence-corrected chi connectivity index (χ2v) is 3.44. The molecule has 0 aliphatic heterocycles. The number of hydrogen-bond acceptors (Lipinski definition) is 3. The zero-order valence-electron chi connectivity index (χ0n) is 9.18. The van der Waals surface area contributed by atoms with Gasteiger partial charge >= 0.3 is 0 Å². The van der Waals surface area contributed by atoms with Crippen molar-refractivity contribution >= 4 is 6.29 Å². The van der Waals surface area contributed by atoms with Gasteiger partial charge in [0, 0.05) is 17.8 Å². The molecule has 86 valence electrons. The van der Waals surface area contributed by atoms with Crippen LogP contribution in [0.1, 0.15) is 10.4 Å². The highest BCUT2D eigenvalue weighted by atomic mass is 19.1. The van der Waals surface area contributed by atoms with Crippen LogP contribution < -0.4 is 4.74 Å². The van der Waals surface area contributed by atoms with Crippen molar-refractivity contribution in [2.24, 2.45) is 0 Å². The Kier molecular flexibility index (Phi) is 3.14. The third kappa shape index (κ3) is 2.30. The lowest BCUT2D eigenvalue weighted by Crippen LogP contribution is -1.91. The Labute approximate surface area is 97.9 Å². The number of nitrogens with zero attached hydrogens (tertiary/aromatic N) is 1. The van der Waals surface area contributed by atoms with E-state index < -0.39 is 5.82 Å². The number of aromatic nitrogens is 1. The van der Waals surface area contributed by atoms with Gasteiger partial charge in [-0.05, 0) is 29.3 Å². The molecule has 0 spiro atoms. The van der Waals surface area contributed by atoms with E-state index in [-0.39, 0.29) is 0 Å². The molecule has 0 bridgehead atoms. The van der Waals surface area contributed by atoms with Crippen molar-refractivity contribution in [3.8, 4) is 17.0 Å². The van der Waals surface area contributed by atoms with Crippen LogP contribution in [0.25, 0.3) is 11.1 Å². The van der Waals surface area contributed by atoms with E-state index in [2.05, 4.69) is 4.98 Å². The Hall–Kier alpha value is -2.23. The van der Waals surface area contributed by atoms with Crippen molar-refractivity contribution in [1.29, 1.82) is 0 Å². The number of carbonyl (C=O) groups excluding carboxylic acids is 1. The topological polar surface area (TPSA) is 39.2 Å². The van der Waals surface area contributed by atoms with E-state index in [9.17, 15) is 9.18 Å². The van der Waals surface area contributed by atoms with Gasteiger partial charge in [0.2, 0.25) is 5.88 Å². The summed E-state index contributed by atoms with van der Waals surface area (Å²) >= 11 is 0. The van der Waals surface area contributed by atoms with Crippen LogP contribution in [-0.2, 0) is 0 Å². The fourth-order valence-electron chi connectivity index (χ4n) is 1.58. The molecule has 0 radical (unpaired) electrons. The Balaban J connectivity index is 2.55. The Bertz CT molecular complexity index is 555. The van der Waals surface area contributed by atoms with Crippen molar-refractivity contribution in [1.82, 2.24) is 4.98 Å². The first-order chi connectivity index (χ1) is 8.24.